The van der Waals surface area contributed by atoms with E-state index in [4.69, 9.17) is 9.47 Å². The molecule has 0 aliphatic rings. The van der Waals surface area contributed by atoms with Crippen LogP contribution in [0.4, 0.5) is 0 Å². The maximum atomic E-state index is 11.3. The molecule has 4 nitrogen and oxygen atoms in total. The molecule has 0 aromatic heterocycles. The summed E-state index contributed by atoms with van der Waals surface area (Å²) in [5.74, 6) is 0.0900. The lowest BCUT2D eigenvalue weighted by atomic mass is 10.1. The van der Waals surface area contributed by atoms with Crippen molar-refractivity contribution in [1.82, 2.24) is 0 Å². The molecule has 1 aromatic carbocycles. The summed E-state index contributed by atoms with van der Waals surface area (Å²) in [5, 5.41) is 0. The lowest BCUT2D eigenvalue weighted by Gasteiger charge is -2.08. The Morgan fingerprint density at radius 3 is 2.53 bits per heavy atom. The van der Waals surface area contributed by atoms with Gasteiger partial charge in [0.2, 0.25) is 0 Å². The van der Waals surface area contributed by atoms with E-state index < -0.39 is 5.97 Å². The number of esters is 1. The smallest absolute Gasteiger partial charge is 0.341 e. The number of rotatable bonds is 4. The van der Waals surface area contributed by atoms with Gasteiger partial charge in [0, 0.05) is 7.11 Å². The van der Waals surface area contributed by atoms with E-state index in [2.05, 4.69) is 4.74 Å². The van der Waals surface area contributed by atoms with Gasteiger partial charge >= 0.3 is 5.97 Å². The van der Waals surface area contributed by atoms with E-state index in [1.54, 1.807) is 25.3 Å². The van der Waals surface area contributed by atoms with E-state index >= 15 is 0 Å². The summed E-state index contributed by atoms with van der Waals surface area (Å²) in [7, 11) is 4.46. The van der Waals surface area contributed by atoms with Crippen LogP contribution in [0.15, 0.2) is 18.2 Å². The number of ether oxygens (including phenoxy) is 3. The fourth-order valence-electron chi connectivity index (χ4n) is 1.27. The average Bonchev–Trinajstić information content (AvgIpc) is 2.28. The van der Waals surface area contributed by atoms with Gasteiger partial charge in [-0.2, -0.15) is 0 Å². The molecule has 4 heteroatoms. The van der Waals surface area contributed by atoms with E-state index in [0.717, 1.165) is 5.56 Å². The van der Waals surface area contributed by atoms with Crippen LogP contribution in [0.2, 0.25) is 0 Å². The molecule has 82 valence electrons. The molecule has 1 rings (SSSR count). The Bertz CT molecular complexity index is 346. The topological polar surface area (TPSA) is 44.8 Å². The Morgan fingerprint density at radius 1 is 1.27 bits per heavy atom. The highest BCUT2D eigenvalue weighted by Gasteiger charge is 2.12. The van der Waals surface area contributed by atoms with Gasteiger partial charge in [-0.3, -0.25) is 0 Å². The molecule has 0 saturated heterocycles. The number of hydrogen-bond donors (Lipinski definition) is 0. The number of methoxy groups -OCH3 is 3. The number of hydrogen-bond acceptors (Lipinski definition) is 4. The monoisotopic (exact) mass is 210 g/mol. The third-order valence-electron chi connectivity index (χ3n) is 1.98. The van der Waals surface area contributed by atoms with E-state index in [0.29, 0.717) is 17.9 Å². The molecule has 0 N–H and O–H groups in total. The van der Waals surface area contributed by atoms with Crippen LogP contribution in [-0.2, 0) is 16.1 Å². The second-order valence-electron chi connectivity index (χ2n) is 2.96. The predicted molar refractivity (Wildman–Crippen MR) is 55.0 cm³/mol. The average molecular weight is 210 g/mol. The molecule has 0 spiro atoms. The van der Waals surface area contributed by atoms with Gasteiger partial charge in [-0.1, -0.05) is 6.07 Å². The second kappa shape index (κ2) is 5.36. The highest BCUT2D eigenvalue weighted by molar-refractivity contribution is 5.92. The maximum Gasteiger partial charge on any atom is 0.341 e. The van der Waals surface area contributed by atoms with E-state index in [1.807, 2.05) is 0 Å². The zero-order valence-electron chi connectivity index (χ0n) is 9.07. The summed E-state index contributed by atoms with van der Waals surface area (Å²) < 4.78 is 14.7. The van der Waals surface area contributed by atoms with Crippen LogP contribution in [0.1, 0.15) is 15.9 Å². The number of benzene rings is 1. The molecule has 0 heterocycles. The molecule has 0 amide bonds. The van der Waals surface area contributed by atoms with E-state index in [-0.39, 0.29) is 0 Å². The van der Waals surface area contributed by atoms with E-state index in [9.17, 15) is 4.79 Å². The molecule has 0 aliphatic heterocycles. The quantitative estimate of drug-likeness (QED) is 0.708. The van der Waals surface area contributed by atoms with Crippen molar-refractivity contribution in [1.29, 1.82) is 0 Å². The number of carbonyl (C=O) groups excluding carboxylic acids is 1. The standard InChI is InChI=1S/C11H14O4/c1-13-7-8-4-5-9(11(12)15-3)10(6-8)14-2/h4-6H,7H2,1-3H3. The van der Waals surface area contributed by atoms with Crippen LogP contribution >= 0.6 is 0 Å². The summed E-state index contributed by atoms with van der Waals surface area (Å²) in [6.07, 6.45) is 0. The van der Waals surface area contributed by atoms with Gasteiger partial charge in [-0.15, -0.1) is 0 Å². The Morgan fingerprint density at radius 2 is 2.00 bits per heavy atom. The SMILES string of the molecule is COCc1ccc(C(=O)OC)c(OC)c1. The minimum atomic E-state index is -0.407. The fourth-order valence-corrected chi connectivity index (χ4v) is 1.27. The van der Waals surface area contributed by atoms with Gasteiger partial charge in [-0.25, -0.2) is 4.79 Å². The molecule has 0 atom stereocenters. The molecule has 15 heavy (non-hydrogen) atoms. The number of carbonyl (C=O) groups is 1. The molecular weight excluding hydrogens is 196 g/mol. The molecule has 0 radical (unpaired) electrons. The largest absolute Gasteiger partial charge is 0.496 e. The minimum Gasteiger partial charge on any atom is -0.496 e. The molecule has 0 aliphatic carbocycles. The molecular formula is C11H14O4. The lowest BCUT2D eigenvalue weighted by molar-refractivity contribution is 0.0597. The highest BCUT2D eigenvalue weighted by atomic mass is 16.5. The van der Waals surface area contributed by atoms with Crippen molar-refractivity contribution >= 4 is 5.97 Å². The van der Waals surface area contributed by atoms with Crippen LogP contribution in [0.25, 0.3) is 0 Å². The Labute approximate surface area is 88.8 Å². The lowest BCUT2D eigenvalue weighted by Crippen LogP contribution is -2.04. The van der Waals surface area contributed by atoms with Crippen LogP contribution in [0, 0.1) is 0 Å². The first-order valence-corrected chi connectivity index (χ1v) is 4.47. The third kappa shape index (κ3) is 2.70. The van der Waals surface area contributed by atoms with Gasteiger partial charge in [0.05, 0.1) is 20.8 Å². The van der Waals surface area contributed by atoms with Gasteiger partial charge in [-0.05, 0) is 17.7 Å². The van der Waals surface area contributed by atoms with Gasteiger partial charge in [0.15, 0.2) is 0 Å². The summed E-state index contributed by atoms with van der Waals surface area (Å²) in [6.45, 7) is 0.484. The van der Waals surface area contributed by atoms with Gasteiger partial charge in [0.1, 0.15) is 11.3 Å². The first kappa shape index (κ1) is 11.5. The summed E-state index contributed by atoms with van der Waals surface area (Å²) in [5.41, 5.74) is 1.36. The van der Waals surface area contributed by atoms with Gasteiger partial charge < -0.3 is 14.2 Å². The van der Waals surface area contributed by atoms with Crippen molar-refractivity contribution in [2.24, 2.45) is 0 Å². The van der Waals surface area contributed by atoms with Crippen LogP contribution in [0.3, 0.4) is 0 Å². The van der Waals surface area contributed by atoms with Crippen LogP contribution in [-0.4, -0.2) is 27.3 Å². The summed E-state index contributed by atoms with van der Waals surface area (Å²) in [4.78, 5) is 11.3. The summed E-state index contributed by atoms with van der Waals surface area (Å²) >= 11 is 0. The predicted octanol–water partition coefficient (Wildman–Crippen LogP) is 1.63. The Balaban J connectivity index is 3.03. The van der Waals surface area contributed by atoms with Crippen molar-refractivity contribution < 1.29 is 19.0 Å². The fraction of sp³-hybridized carbons (Fsp3) is 0.364. The minimum absolute atomic E-state index is 0.407. The first-order chi connectivity index (χ1) is 7.22. The normalized spacial score (nSPS) is 9.80. The zero-order valence-corrected chi connectivity index (χ0v) is 9.07. The van der Waals surface area contributed by atoms with Crippen molar-refractivity contribution in [3.05, 3.63) is 29.3 Å². The summed E-state index contributed by atoms with van der Waals surface area (Å²) in [6, 6.07) is 5.23. The third-order valence-corrected chi connectivity index (χ3v) is 1.98. The zero-order chi connectivity index (χ0) is 11.3. The molecule has 0 bridgehead atoms. The maximum absolute atomic E-state index is 11.3. The second-order valence-corrected chi connectivity index (χ2v) is 2.96. The molecule has 1 aromatic rings. The van der Waals surface area contributed by atoms with Crippen molar-refractivity contribution in [3.63, 3.8) is 0 Å². The van der Waals surface area contributed by atoms with Crippen LogP contribution < -0.4 is 4.74 Å². The molecule has 0 unspecified atom stereocenters. The van der Waals surface area contributed by atoms with Crippen molar-refractivity contribution in [2.75, 3.05) is 21.3 Å². The molecule has 0 fully saturated rings. The van der Waals surface area contributed by atoms with E-state index in [1.165, 1.54) is 14.2 Å². The highest BCUT2D eigenvalue weighted by Crippen LogP contribution is 2.21. The Kier molecular flexibility index (Phi) is 4.12. The van der Waals surface area contributed by atoms with Crippen molar-refractivity contribution in [2.45, 2.75) is 6.61 Å². The van der Waals surface area contributed by atoms with Crippen LogP contribution in [0.5, 0.6) is 5.75 Å². The van der Waals surface area contributed by atoms with Gasteiger partial charge in [0.25, 0.3) is 0 Å². The first-order valence-electron chi connectivity index (χ1n) is 4.47. The Hall–Kier alpha value is -1.55. The molecule has 0 saturated carbocycles. The van der Waals surface area contributed by atoms with Crippen molar-refractivity contribution in [3.8, 4) is 5.75 Å².